The average Bonchev–Trinajstić information content (AvgIpc) is 3.13. The zero-order valence-electron chi connectivity index (χ0n) is 14.4. The van der Waals surface area contributed by atoms with E-state index < -0.39 is 0 Å². The Labute approximate surface area is 151 Å². The molecule has 0 aliphatic carbocycles. The second-order valence-corrected chi connectivity index (χ2v) is 6.18. The molecular formula is C21H18N4O. The minimum Gasteiger partial charge on any atom is -0.325 e. The Kier molecular flexibility index (Phi) is 4.19. The van der Waals surface area contributed by atoms with Gasteiger partial charge >= 0.3 is 0 Å². The van der Waals surface area contributed by atoms with E-state index in [9.17, 15) is 4.79 Å². The number of benzene rings is 2. The quantitative estimate of drug-likeness (QED) is 0.612. The molecule has 2 aromatic heterocycles. The Bertz CT molecular complexity index is 1070. The second kappa shape index (κ2) is 6.80. The fourth-order valence-electron chi connectivity index (χ4n) is 2.98. The summed E-state index contributed by atoms with van der Waals surface area (Å²) < 4.78 is 1.77. The molecule has 5 heteroatoms. The van der Waals surface area contributed by atoms with Gasteiger partial charge in [-0.3, -0.25) is 9.78 Å². The predicted molar refractivity (Wildman–Crippen MR) is 102 cm³/mol. The van der Waals surface area contributed by atoms with Crippen molar-refractivity contribution in [3.05, 3.63) is 84.3 Å². The SMILES string of the molecule is Cc1ccc(NC(=O)Cc2cnn(-c3ccccc3)c2)c2cccnc12. The lowest BCUT2D eigenvalue weighted by Gasteiger charge is -2.09. The van der Waals surface area contributed by atoms with Crippen LogP contribution in [-0.4, -0.2) is 20.7 Å². The Balaban J connectivity index is 1.52. The summed E-state index contributed by atoms with van der Waals surface area (Å²) in [5, 5.41) is 8.27. The summed E-state index contributed by atoms with van der Waals surface area (Å²) in [6.45, 7) is 2.01. The summed E-state index contributed by atoms with van der Waals surface area (Å²) in [5.41, 5.74) is 4.60. The molecule has 0 spiro atoms. The van der Waals surface area contributed by atoms with Crippen molar-refractivity contribution in [3.8, 4) is 5.69 Å². The zero-order chi connectivity index (χ0) is 17.9. The molecule has 0 atom stereocenters. The number of aromatic nitrogens is 3. The van der Waals surface area contributed by atoms with Crippen LogP contribution in [0.2, 0.25) is 0 Å². The number of para-hydroxylation sites is 1. The van der Waals surface area contributed by atoms with Crippen LogP contribution < -0.4 is 5.32 Å². The Hall–Kier alpha value is -3.47. The molecule has 0 aliphatic rings. The molecule has 4 rings (SSSR count). The molecule has 26 heavy (non-hydrogen) atoms. The van der Waals surface area contributed by atoms with Gasteiger partial charge in [0, 0.05) is 17.8 Å². The maximum absolute atomic E-state index is 12.5. The van der Waals surface area contributed by atoms with Crippen molar-refractivity contribution in [1.82, 2.24) is 14.8 Å². The normalized spacial score (nSPS) is 10.8. The van der Waals surface area contributed by atoms with Gasteiger partial charge in [0.15, 0.2) is 0 Å². The number of nitrogens with one attached hydrogen (secondary N) is 1. The van der Waals surface area contributed by atoms with E-state index in [0.717, 1.165) is 33.4 Å². The van der Waals surface area contributed by atoms with E-state index in [-0.39, 0.29) is 12.3 Å². The van der Waals surface area contributed by atoms with Crippen molar-refractivity contribution < 1.29 is 4.79 Å². The van der Waals surface area contributed by atoms with Crippen molar-refractivity contribution in [1.29, 1.82) is 0 Å². The molecule has 2 heterocycles. The lowest BCUT2D eigenvalue weighted by Crippen LogP contribution is -2.14. The maximum Gasteiger partial charge on any atom is 0.228 e. The van der Waals surface area contributed by atoms with Gasteiger partial charge in [0.05, 0.1) is 29.5 Å². The van der Waals surface area contributed by atoms with Gasteiger partial charge in [-0.1, -0.05) is 24.3 Å². The first kappa shape index (κ1) is 16.0. The molecule has 128 valence electrons. The van der Waals surface area contributed by atoms with E-state index in [1.807, 2.05) is 67.7 Å². The van der Waals surface area contributed by atoms with Gasteiger partial charge in [0.25, 0.3) is 0 Å². The van der Waals surface area contributed by atoms with Crippen molar-refractivity contribution in [3.63, 3.8) is 0 Å². The number of carbonyl (C=O) groups is 1. The molecule has 4 aromatic rings. The molecule has 0 saturated heterocycles. The predicted octanol–water partition coefficient (Wildman–Crippen LogP) is 3.91. The van der Waals surface area contributed by atoms with Crippen molar-refractivity contribution in [2.45, 2.75) is 13.3 Å². The van der Waals surface area contributed by atoms with Gasteiger partial charge in [-0.05, 0) is 48.4 Å². The lowest BCUT2D eigenvalue weighted by molar-refractivity contribution is -0.115. The van der Waals surface area contributed by atoms with Gasteiger partial charge < -0.3 is 5.32 Å². The van der Waals surface area contributed by atoms with E-state index in [0.29, 0.717) is 0 Å². The Morgan fingerprint density at radius 1 is 1.08 bits per heavy atom. The molecule has 1 amide bonds. The number of pyridine rings is 1. The van der Waals surface area contributed by atoms with Crippen molar-refractivity contribution >= 4 is 22.5 Å². The standard InChI is InChI=1S/C21H18N4O/c1-15-9-10-19(18-8-5-11-22-21(15)18)24-20(26)12-16-13-23-25(14-16)17-6-3-2-4-7-17/h2-11,13-14H,12H2,1H3,(H,24,26). The van der Waals surface area contributed by atoms with E-state index in [1.165, 1.54) is 0 Å². The van der Waals surface area contributed by atoms with Crippen molar-refractivity contribution in [2.75, 3.05) is 5.32 Å². The van der Waals surface area contributed by atoms with E-state index >= 15 is 0 Å². The molecule has 0 saturated carbocycles. The summed E-state index contributed by atoms with van der Waals surface area (Å²) in [7, 11) is 0. The molecule has 0 radical (unpaired) electrons. The van der Waals surface area contributed by atoms with Gasteiger partial charge in [-0.2, -0.15) is 5.10 Å². The molecular weight excluding hydrogens is 324 g/mol. The summed E-state index contributed by atoms with van der Waals surface area (Å²) >= 11 is 0. The highest BCUT2D eigenvalue weighted by Crippen LogP contribution is 2.24. The Morgan fingerprint density at radius 3 is 2.77 bits per heavy atom. The minimum atomic E-state index is -0.0772. The van der Waals surface area contributed by atoms with E-state index in [2.05, 4.69) is 15.4 Å². The Morgan fingerprint density at radius 2 is 1.92 bits per heavy atom. The van der Waals surface area contributed by atoms with Crippen LogP contribution in [0, 0.1) is 6.92 Å². The largest absolute Gasteiger partial charge is 0.325 e. The number of fused-ring (bicyclic) bond motifs is 1. The van der Waals surface area contributed by atoms with Gasteiger partial charge in [-0.15, -0.1) is 0 Å². The highest BCUT2D eigenvalue weighted by Gasteiger charge is 2.10. The molecule has 0 unspecified atom stereocenters. The minimum absolute atomic E-state index is 0.0772. The van der Waals surface area contributed by atoms with Crippen LogP contribution in [0.15, 0.2) is 73.2 Å². The first-order valence-electron chi connectivity index (χ1n) is 8.44. The number of hydrogen-bond donors (Lipinski definition) is 1. The molecule has 0 fully saturated rings. The van der Waals surface area contributed by atoms with Crippen LogP contribution in [0.4, 0.5) is 5.69 Å². The fraction of sp³-hybridized carbons (Fsp3) is 0.0952. The summed E-state index contributed by atoms with van der Waals surface area (Å²) in [5.74, 6) is -0.0772. The molecule has 5 nitrogen and oxygen atoms in total. The number of aryl methyl sites for hydroxylation is 1. The molecule has 2 aromatic carbocycles. The third-order valence-corrected chi connectivity index (χ3v) is 4.27. The van der Waals surface area contributed by atoms with Gasteiger partial charge in [-0.25, -0.2) is 4.68 Å². The van der Waals surface area contributed by atoms with E-state index in [1.54, 1.807) is 17.1 Å². The highest BCUT2D eigenvalue weighted by molar-refractivity contribution is 6.02. The number of anilines is 1. The topological polar surface area (TPSA) is 59.8 Å². The molecule has 1 N–H and O–H groups in total. The first-order chi connectivity index (χ1) is 12.7. The smallest absolute Gasteiger partial charge is 0.228 e. The summed E-state index contributed by atoms with van der Waals surface area (Å²) in [6, 6.07) is 17.6. The van der Waals surface area contributed by atoms with Crippen molar-refractivity contribution in [2.24, 2.45) is 0 Å². The zero-order valence-corrected chi connectivity index (χ0v) is 14.4. The summed E-state index contributed by atoms with van der Waals surface area (Å²) in [4.78, 5) is 16.9. The van der Waals surface area contributed by atoms with Crippen LogP contribution >= 0.6 is 0 Å². The van der Waals surface area contributed by atoms with Crippen LogP contribution in [0.25, 0.3) is 16.6 Å². The molecule has 0 bridgehead atoms. The van der Waals surface area contributed by atoms with Gasteiger partial charge in [0.2, 0.25) is 5.91 Å². The van der Waals surface area contributed by atoms with Crippen LogP contribution in [0.1, 0.15) is 11.1 Å². The maximum atomic E-state index is 12.5. The van der Waals surface area contributed by atoms with Crippen LogP contribution in [-0.2, 0) is 11.2 Å². The number of nitrogens with zero attached hydrogens (tertiary/aromatic N) is 3. The number of rotatable bonds is 4. The van der Waals surface area contributed by atoms with Crippen LogP contribution in [0.3, 0.4) is 0 Å². The fourth-order valence-corrected chi connectivity index (χ4v) is 2.98. The third-order valence-electron chi connectivity index (χ3n) is 4.27. The monoisotopic (exact) mass is 342 g/mol. The number of amides is 1. The van der Waals surface area contributed by atoms with Gasteiger partial charge in [0.1, 0.15) is 0 Å². The third kappa shape index (κ3) is 3.19. The van der Waals surface area contributed by atoms with Crippen LogP contribution in [0.5, 0.6) is 0 Å². The summed E-state index contributed by atoms with van der Waals surface area (Å²) in [6.07, 6.45) is 5.63. The highest BCUT2D eigenvalue weighted by atomic mass is 16.1. The number of hydrogen-bond acceptors (Lipinski definition) is 3. The second-order valence-electron chi connectivity index (χ2n) is 6.18. The van der Waals surface area contributed by atoms with E-state index in [4.69, 9.17) is 0 Å². The first-order valence-corrected chi connectivity index (χ1v) is 8.44. The number of carbonyl (C=O) groups excluding carboxylic acids is 1. The molecule has 0 aliphatic heterocycles. The lowest BCUT2D eigenvalue weighted by atomic mass is 10.1. The average molecular weight is 342 g/mol.